The van der Waals surface area contributed by atoms with Crippen LogP contribution in [0.15, 0.2) is 0 Å². The van der Waals surface area contributed by atoms with E-state index in [1.54, 1.807) is 13.8 Å². The number of aliphatic carboxylic acids is 1. The Balaban J connectivity index is 2.53. The molecule has 1 unspecified atom stereocenters. The molecule has 0 saturated carbocycles. The number of ether oxygens (including phenoxy) is 1. The fraction of sp³-hybridized carbons (Fsp3) is 0.846. The molecule has 5 heteroatoms. The molecule has 1 fully saturated rings. The Hall–Kier alpha value is -1.10. The molecule has 2 N–H and O–H groups in total. The van der Waals surface area contributed by atoms with Crippen molar-refractivity contribution in [2.45, 2.75) is 64.0 Å². The van der Waals surface area contributed by atoms with Gasteiger partial charge in [0.2, 0.25) is 5.91 Å². The number of amides is 1. The molecule has 18 heavy (non-hydrogen) atoms. The Kier molecular flexibility index (Phi) is 5.59. The second kappa shape index (κ2) is 6.73. The van der Waals surface area contributed by atoms with Crippen molar-refractivity contribution in [3.05, 3.63) is 0 Å². The Morgan fingerprint density at radius 1 is 1.33 bits per heavy atom. The van der Waals surface area contributed by atoms with Crippen LogP contribution in [0, 0.1) is 0 Å². The number of carbonyl (C=O) groups excluding carboxylic acids is 1. The van der Waals surface area contributed by atoms with Crippen LogP contribution in [0.3, 0.4) is 0 Å². The molecule has 1 aliphatic heterocycles. The molecule has 1 atom stereocenters. The standard InChI is InChI=1S/C13H23NO4/c1-3-13(4-2,12(16)17)14-11(15)9-10-7-5-6-8-18-10/h10H,3-9H2,1-2H3,(H,14,15)(H,16,17). The SMILES string of the molecule is CCC(CC)(NC(=O)CC1CCCCO1)C(=O)O. The minimum absolute atomic E-state index is 0.0565. The van der Waals surface area contributed by atoms with E-state index in [1.807, 2.05) is 0 Å². The summed E-state index contributed by atoms with van der Waals surface area (Å²) in [6.45, 7) is 4.24. The van der Waals surface area contributed by atoms with Gasteiger partial charge in [-0.25, -0.2) is 4.79 Å². The highest BCUT2D eigenvalue weighted by Crippen LogP contribution is 2.19. The molecule has 0 aromatic heterocycles. The first-order valence-corrected chi connectivity index (χ1v) is 6.70. The third-order valence-electron chi connectivity index (χ3n) is 3.68. The topological polar surface area (TPSA) is 75.6 Å². The Morgan fingerprint density at radius 3 is 2.44 bits per heavy atom. The van der Waals surface area contributed by atoms with E-state index in [2.05, 4.69) is 5.32 Å². The molecular weight excluding hydrogens is 234 g/mol. The van der Waals surface area contributed by atoms with Crippen LogP contribution < -0.4 is 5.32 Å². The number of hydrogen-bond donors (Lipinski definition) is 2. The van der Waals surface area contributed by atoms with Crippen molar-refractivity contribution < 1.29 is 19.4 Å². The van der Waals surface area contributed by atoms with Crippen molar-refractivity contribution in [3.63, 3.8) is 0 Å². The lowest BCUT2D eigenvalue weighted by Gasteiger charge is -2.29. The molecule has 0 bridgehead atoms. The van der Waals surface area contributed by atoms with Crippen LogP contribution in [0.4, 0.5) is 0 Å². The van der Waals surface area contributed by atoms with Gasteiger partial charge in [0, 0.05) is 6.61 Å². The first-order chi connectivity index (χ1) is 8.54. The summed E-state index contributed by atoms with van der Waals surface area (Å²) in [5, 5.41) is 11.9. The summed E-state index contributed by atoms with van der Waals surface area (Å²) in [6, 6.07) is 0. The van der Waals surface area contributed by atoms with Gasteiger partial charge in [-0.1, -0.05) is 13.8 Å². The van der Waals surface area contributed by atoms with E-state index in [9.17, 15) is 14.7 Å². The minimum Gasteiger partial charge on any atom is -0.480 e. The van der Waals surface area contributed by atoms with Crippen molar-refractivity contribution in [2.75, 3.05) is 6.61 Å². The van der Waals surface area contributed by atoms with Gasteiger partial charge in [-0.3, -0.25) is 4.79 Å². The van der Waals surface area contributed by atoms with Gasteiger partial charge in [0.15, 0.2) is 0 Å². The lowest BCUT2D eigenvalue weighted by Crippen LogP contribution is -2.54. The van der Waals surface area contributed by atoms with Crippen molar-refractivity contribution >= 4 is 11.9 Å². The molecule has 1 saturated heterocycles. The minimum atomic E-state index is -1.13. The molecule has 5 nitrogen and oxygen atoms in total. The number of nitrogens with one attached hydrogen (secondary N) is 1. The highest BCUT2D eigenvalue weighted by atomic mass is 16.5. The summed E-state index contributed by atoms with van der Waals surface area (Å²) in [4.78, 5) is 23.2. The molecule has 1 rings (SSSR count). The number of carboxylic acids is 1. The molecule has 0 spiro atoms. The number of rotatable bonds is 6. The maximum Gasteiger partial charge on any atom is 0.329 e. The fourth-order valence-electron chi connectivity index (χ4n) is 2.28. The predicted octanol–water partition coefficient (Wildman–Crippen LogP) is 1.71. The van der Waals surface area contributed by atoms with Gasteiger partial charge < -0.3 is 15.2 Å². The summed E-state index contributed by atoms with van der Waals surface area (Å²) < 4.78 is 5.48. The largest absolute Gasteiger partial charge is 0.480 e. The Bertz CT molecular complexity index is 293. The van der Waals surface area contributed by atoms with Crippen molar-refractivity contribution in [1.82, 2.24) is 5.32 Å². The first kappa shape index (κ1) is 15.0. The number of hydrogen-bond acceptors (Lipinski definition) is 3. The lowest BCUT2D eigenvalue weighted by atomic mass is 9.92. The van der Waals surface area contributed by atoms with Crippen LogP contribution >= 0.6 is 0 Å². The summed E-state index contributed by atoms with van der Waals surface area (Å²) in [5.74, 6) is -1.20. The van der Waals surface area contributed by atoms with E-state index in [-0.39, 0.29) is 18.4 Å². The van der Waals surface area contributed by atoms with E-state index >= 15 is 0 Å². The molecule has 0 aliphatic carbocycles. The molecule has 0 aromatic rings. The fourth-order valence-corrected chi connectivity index (χ4v) is 2.28. The van der Waals surface area contributed by atoms with Crippen LogP contribution in [-0.2, 0) is 14.3 Å². The van der Waals surface area contributed by atoms with Crippen LogP contribution in [-0.4, -0.2) is 35.2 Å². The molecule has 104 valence electrons. The van der Waals surface area contributed by atoms with Crippen LogP contribution in [0.5, 0.6) is 0 Å². The zero-order valence-electron chi connectivity index (χ0n) is 11.2. The second-order valence-electron chi connectivity index (χ2n) is 4.84. The molecule has 0 radical (unpaired) electrons. The first-order valence-electron chi connectivity index (χ1n) is 6.70. The Labute approximate surface area is 108 Å². The van der Waals surface area contributed by atoms with Crippen LogP contribution in [0.1, 0.15) is 52.4 Å². The number of carboxylic acid groups (broad SMARTS) is 1. The average molecular weight is 257 g/mol. The zero-order chi connectivity index (χ0) is 13.6. The van der Waals surface area contributed by atoms with Crippen molar-refractivity contribution in [1.29, 1.82) is 0 Å². The maximum atomic E-state index is 11.9. The second-order valence-corrected chi connectivity index (χ2v) is 4.84. The Morgan fingerprint density at radius 2 is 2.00 bits per heavy atom. The summed E-state index contributed by atoms with van der Waals surface area (Å²) in [5.41, 5.74) is -1.13. The zero-order valence-corrected chi connectivity index (χ0v) is 11.2. The highest BCUT2D eigenvalue weighted by molar-refractivity contribution is 5.87. The van der Waals surface area contributed by atoms with E-state index in [0.29, 0.717) is 19.4 Å². The van der Waals surface area contributed by atoms with E-state index in [0.717, 1.165) is 19.3 Å². The summed E-state index contributed by atoms with van der Waals surface area (Å²) in [6.07, 6.45) is 3.97. The molecular formula is C13H23NO4. The molecule has 1 aliphatic rings. The summed E-state index contributed by atoms with van der Waals surface area (Å²) in [7, 11) is 0. The van der Waals surface area contributed by atoms with E-state index in [1.165, 1.54) is 0 Å². The molecule has 0 aromatic carbocycles. The molecule has 1 amide bonds. The van der Waals surface area contributed by atoms with Crippen molar-refractivity contribution in [3.8, 4) is 0 Å². The summed E-state index contributed by atoms with van der Waals surface area (Å²) >= 11 is 0. The van der Waals surface area contributed by atoms with Gasteiger partial charge in [0.05, 0.1) is 12.5 Å². The average Bonchev–Trinajstić information content (AvgIpc) is 2.37. The van der Waals surface area contributed by atoms with Crippen LogP contribution in [0.2, 0.25) is 0 Å². The third-order valence-corrected chi connectivity index (χ3v) is 3.68. The van der Waals surface area contributed by atoms with Gasteiger partial charge in [0.25, 0.3) is 0 Å². The van der Waals surface area contributed by atoms with E-state index < -0.39 is 11.5 Å². The van der Waals surface area contributed by atoms with Gasteiger partial charge in [-0.15, -0.1) is 0 Å². The van der Waals surface area contributed by atoms with Gasteiger partial charge in [0.1, 0.15) is 5.54 Å². The highest BCUT2D eigenvalue weighted by Gasteiger charge is 2.36. The van der Waals surface area contributed by atoms with Gasteiger partial charge in [-0.05, 0) is 32.1 Å². The van der Waals surface area contributed by atoms with Gasteiger partial charge >= 0.3 is 5.97 Å². The number of carbonyl (C=O) groups is 2. The monoisotopic (exact) mass is 257 g/mol. The van der Waals surface area contributed by atoms with Crippen molar-refractivity contribution in [2.24, 2.45) is 0 Å². The lowest BCUT2D eigenvalue weighted by molar-refractivity contribution is -0.148. The molecule has 1 heterocycles. The maximum absolute atomic E-state index is 11.9. The normalized spacial score (nSPS) is 20.4. The van der Waals surface area contributed by atoms with Crippen LogP contribution in [0.25, 0.3) is 0 Å². The smallest absolute Gasteiger partial charge is 0.329 e. The third kappa shape index (κ3) is 3.70. The quantitative estimate of drug-likeness (QED) is 0.759. The van der Waals surface area contributed by atoms with Gasteiger partial charge in [-0.2, -0.15) is 0 Å². The van der Waals surface area contributed by atoms with E-state index in [4.69, 9.17) is 4.74 Å². The predicted molar refractivity (Wildman–Crippen MR) is 67.3 cm³/mol.